The highest BCUT2D eigenvalue weighted by molar-refractivity contribution is 6.01. The molecule has 0 atom stereocenters. The molecule has 0 radical (unpaired) electrons. The number of benzene rings is 2. The van der Waals surface area contributed by atoms with Crippen LogP contribution in [-0.4, -0.2) is 34.7 Å². The number of rotatable bonds is 8. The van der Waals surface area contributed by atoms with Crippen molar-refractivity contribution in [1.82, 2.24) is 15.1 Å². The van der Waals surface area contributed by atoms with Gasteiger partial charge < -0.3 is 16.0 Å². The number of anilines is 2. The number of hydrogen-bond donors (Lipinski definition) is 3. The smallest absolute Gasteiger partial charge is 0.253 e. The number of nitrogens with one attached hydrogen (secondary N) is 3. The van der Waals surface area contributed by atoms with Gasteiger partial charge in [0.05, 0.1) is 34.9 Å². The molecular formula is C24H27N5O2. The highest BCUT2D eigenvalue weighted by Gasteiger charge is 2.16. The molecule has 3 aromatic rings. The van der Waals surface area contributed by atoms with Crippen molar-refractivity contribution in [3.8, 4) is 5.69 Å². The highest BCUT2D eigenvalue weighted by atomic mass is 16.2. The molecule has 0 aliphatic heterocycles. The van der Waals surface area contributed by atoms with Crippen LogP contribution >= 0.6 is 0 Å². The van der Waals surface area contributed by atoms with E-state index in [9.17, 15) is 9.59 Å². The summed E-state index contributed by atoms with van der Waals surface area (Å²) >= 11 is 0. The lowest BCUT2D eigenvalue weighted by Gasteiger charge is -2.12. The second-order valence-electron chi connectivity index (χ2n) is 7.24. The lowest BCUT2D eigenvalue weighted by molar-refractivity contribution is -0.114. The normalized spacial score (nSPS) is 10.4. The highest BCUT2D eigenvalue weighted by Crippen LogP contribution is 2.23. The molecule has 3 N–H and O–H groups in total. The van der Waals surface area contributed by atoms with Crippen molar-refractivity contribution in [2.45, 2.75) is 20.8 Å². The zero-order valence-corrected chi connectivity index (χ0v) is 18.0. The van der Waals surface area contributed by atoms with E-state index < -0.39 is 0 Å². The van der Waals surface area contributed by atoms with Gasteiger partial charge in [0.2, 0.25) is 5.91 Å². The van der Waals surface area contributed by atoms with Crippen LogP contribution in [0.25, 0.3) is 5.69 Å². The molecule has 1 aromatic heterocycles. The Bertz CT molecular complexity index is 1100. The van der Waals surface area contributed by atoms with Gasteiger partial charge in [-0.25, -0.2) is 4.68 Å². The van der Waals surface area contributed by atoms with E-state index in [-0.39, 0.29) is 18.4 Å². The molecule has 0 aliphatic rings. The van der Waals surface area contributed by atoms with Gasteiger partial charge in [0.25, 0.3) is 5.91 Å². The number of hydrogen-bond acceptors (Lipinski definition) is 4. The van der Waals surface area contributed by atoms with Crippen LogP contribution < -0.4 is 16.0 Å². The van der Waals surface area contributed by atoms with Gasteiger partial charge >= 0.3 is 0 Å². The van der Waals surface area contributed by atoms with Crippen LogP contribution in [-0.2, 0) is 4.79 Å². The van der Waals surface area contributed by atoms with E-state index in [2.05, 4.69) is 27.6 Å². The van der Waals surface area contributed by atoms with E-state index in [4.69, 9.17) is 0 Å². The van der Waals surface area contributed by atoms with Gasteiger partial charge in [-0.05, 0) is 45.0 Å². The summed E-state index contributed by atoms with van der Waals surface area (Å²) in [4.78, 5) is 24.9. The third-order valence-electron chi connectivity index (χ3n) is 4.85. The summed E-state index contributed by atoms with van der Waals surface area (Å²) in [5.74, 6) is -0.453. The average molecular weight is 418 g/mol. The summed E-state index contributed by atoms with van der Waals surface area (Å²) in [5, 5.41) is 13.3. The first-order valence-corrected chi connectivity index (χ1v) is 10.1. The van der Waals surface area contributed by atoms with Crippen LogP contribution in [0.2, 0.25) is 0 Å². The first-order chi connectivity index (χ1) is 14.9. The molecule has 0 saturated carbocycles. The molecule has 0 unspecified atom stereocenters. The van der Waals surface area contributed by atoms with Gasteiger partial charge in [0.1, 0.15) is 0 Å². The second-order valence-corrected chi connectivity index (χ2v) is 7.24. The SMILES string of the molecule is C=CCNC(=O)c1ccccc1NCC(=O)Nc1c(C)nn(-c2ccc(C)cc2)c1C. The summed E-state index contributed by atoms with van der Waals surface area (Å²) in [5.41, 5.74) is 5.42. The van der Waals surface area contributed by atoms with Crippen LogP contribution in [0, 0.1) is 20.8 Å². The van der Waals surface area contributed by atoms with Gasteiger partial charge in [0.15, 0.2) is 0 Å². The minimum atomic E-state index is -0.227. The van der Waals surface area contributed by atoms with E-state index in [0.29, 0.717) is 23.5 Å². The maximum Gasteiger partial charge on any atom is 0.253 e. The number of para-hydroxylation sites is 1. The molecule has 2 amide bonds. The Balaban J connectivity index is 1.69. The maximum absolute atomic E-state index is 12.6. The predicted molar refractivity (Wildman–Crippen MR) is 124 cm³/mol. The van der Waals surface area contributed by atoms with Crippen LogP contribution in [0.3, 0.4) is 0 Å². The van der Waals surface area contributed by atoms with Crippen LogP contribution in [0.5, 0.6) is 0 Å². The number of aryl methyl sites for hydroxylation is 2. The lowest BCUT2D eigenvalue weighted by atomic mass is 10.1. The molecule has 0 spiro atoms. The van der Waals surface area contributed by atoms with E-state index in [1.54, 1.807) is 24.3 Å². The van der Waals surface area contributed by atoms with Gasteiger partial charge in [0, 0.05) is 12.2 Å². The molecule has 0 fully saturated rings. The number of amides is 2. The van der Waals surface area contributed by atoms with Crippen molar-refractivity contribution in [2.24, 2.45) is 0 Å². The molecule has 31 heavy (non-hydrogen) atoms. The Morgan fingerprint density at radius 1 is 1.06 bits per heavy atom. The third-order valence-corrected chi connectivity index (χ3v) is 4.85. The molecule has 3 rings (SSSR count). The molecule has 0 aliphatic carbocycles. The Hall–Kier alpha value is -3.87. The Morgan fingerprint density at radius 2 is 1.77 bits per heavy atom. The zero-order valence-electron chi connectivity index (χ0n) is 18.0. The van der Waals surface area contributed by atoms with Gasteiger partial charge in [-0.1, -0.05) is 35.9 Å². The Kier molecular flexibility index (Phi) is 6.87. The second kappa shape index (κ2) is 9.75. The van der Waals surface area contributed by atoms with E-state index in [0.717, 1.165) is 17.1 Å². The predicted octanol–water partition coefficient (Wildman–Crippen LogP) is 3.76. The monoisotopic (exact) mass is 417 g/mol. The van der Waals surface area contributed by atoms with Crippen molar-refractivity contribution < 1.29 is 9.59 Å². The minimum Gasteiger partial charge on any atom is -0.376 e. The molecular weight excluding hydrogens is 390 g/mol. The first kappa shape index (κ1) is 21.8. The number of aromatic nitrogens is 2. The molecule has 2 aromatic carbocycles. The van der Waals surface area contributed by atoms with E-state index in [1.165, 1.54) is 5.56 Å². The lowest BCUT2D eigenvalue weighted by Crippen LogP contribution is -2.26. The summed E-state index contributed by atoms with van der Waals surface area (Å²) < 4.78 is 1.82. The van der Waals surface area contributed by atoms with Gasteiger partial charge in [-0.15, -0.1) is 6.58 Å². The van der Waals surface area contributed by atoms with Crippen LogP contribution in [0.4, 0.5) is 11.4 Å². The van der Waals surface area contributed by atoms with Crippen molar-refractivity contribution in [3.05, 3.63) is 83.7 Å². The maximum atomic E-state index is 12.6. The molecule has 7 nitrogen and oxygen atoms in total. The quantitative estimate of drug-likeness (QED) is 0.487. The van der Waals surface area contributed by atoms with Crippen molar-refractivity contribution in [3.63, 3.8) is 0 Å². The summed E-state index contributed by atoms with van der Waals surface area (Å²) in [7, 11) is 0. The standard InChI is InChI=1S/C24H27N5O2/c1-5-14-25-24(31)20-8-6-7-9-21(20)26-15-22(30)27-23-17(3)28-29(18(23)4)19-12-10-16(2)11-13-19/h5-13,26H,1,14-15H2,2-4H3,(H,25,31)(H,27,30). The average Bonchev–Trinajstić information content (AvgIpc) is 3.05. The largest absolute Gasteiger partial charge is 0.376 e. The topological polar surface area (TPSA) is 88.1 Å². The zero-order chi connectivity index (χ0) is 22.4. The van der Waals surface area contributed by atoms with Crippen molar-refractivity contribution in [1.29, 1.82) is 0 Å². The first-order valence-electron chi connectivity index (χ1n) is 10.1. The van der Waals surface area contributed by atoms with Crippen molar-refractivity contribution >= 4 is 23.2 Å². The molecule has 160 valence electrons. The van der Waals surface area contributed by atoms with Crippen molar-refractivity contribution in [2.75, 3.05) is 23.7 Å². The van der Waals surface area contributed by atoms with Crippen LogP contribution in [0.1, 0.15) is 27.3 Å². The van der Waals surface area contributed by atoms with E-state index >= 15 is 0 Å². The fraction of sp³-hybridized carbons (Fsp3) is 0.208. The van der Waals surface area contributed by atoms with E-state index in [1.807, 2.05) is 55.8 Å². The molecule has 0 bridgehead atoms. The summed E-state index contributed by atoms with van der Waals surface area (Å²) in [6.45, 7) is 9.80. The fourth-order valence-corrected chi connectivity index (χ4v) is 3.22. The van der Waals surface area contributed by atoms with Gasteiger partial charge in [-0.2, -0.15) is 5.10 Å². The molecule has 0 saturated heterocycles. The number of carbonyl (C=O) groups is 2. The van der Waals surface area contributed by atoms with Gasteiger partial charge in [-0.3, -0.25) is 9.59 Å². The fourth-order valence-electron chi connectivity index (χ4n) is 3.22. The molecule has 1 heterocycles. The summed E-state index contributed by atoms with van der Waals surface area (Å²) in [6.07, 6.45) is 1.61. The number of carbonyl (C=O) groups excluding carboxylic acids is 2. The Morgan fingerprint density at radius 3 is 2.48 bits per heavy atom. The van der Waals surface area contributed by atoms with Crippen LogP contribution in [0.15, 0.2) is 61.2 Å². The third kappa shape index (κ3) is 5.19. The summed E-state index contributed by atoms with van der Waals surface area (Å²) in [6, 6.07) is 15.1. The Labute approximate surface area is 182 Å². The molecule has 7 heteroatoms. The number of nitrogens with zero attached hydrogens (tertiary/aromatic N) is 2. The minimum absolute atomic E-state index is 0.0142.